The number of carbonyl (C=O) groups excluding carboxylic acids is 1. The highest BCUT2D eigenvalue weighted by Crippen LogP contribution is 2.25. The molecule has 0 unspecified atom stereocenters. The highest BCUT2D eigenvalue weighted by molar-refractivity contribution is 7.89. The molecule has 2 aliphatic rings. The Bertz CT molecular complexity index is 1240. The summed E-state index contributed by atoms with van der Waals surface area (Å²) < 4.78 is 54.7. The Balaban J connectivity index is 1.52. The molecule has 4 rings (SSSR count). The summed E-state index contributed by atoms with van der Waals surface area (Å²) in [6.07, 6.45) is 5.43. The fraction of sp³-hybridized carbons (Fsp3) is 0.458. The summed E-state index contributed by atoms with van der Waals surface area (Å²) in [5.74, 6) is -0.444. The van der Waals surface area contributed by atoms with Crippen LogP contribution in [0.5, 0.6) is 0 Å². The first-order valence-electron chi connectivity index (χ1n) is 11.7. The number of aryl methyl sites for hydroxylation is 1. The van der Waals surface area contributed by atoms with Crippen molar-refractivity contribution in [1.82, 2.24) is 8.61 Å². The summed E-state index contributed by atoms with van der Waals surface area (Å²) in [5.41, 5.74) is 1.36. The maximum absolute atomic E-state index is 13.2. The van der Waals surface area contributed by atoms with Gasteiger partial charge in [-0.1, -0.05) is 18.9 Å². The maximum Gasteiger partial charge on any atom is 0.255 e. The van der Waals surface area contributed by atoms with Crippen LogP contribution in [0.25, 0.3) is 0 Å². The zero-order valence-electron chi connectivity index (χ0n) is 19.4. The largest absolute Gasteiger partial charge is 0.322 e. The Kier molecular flexibility index (Phi) is 7.42. The van der Waals surface area contributed by atoms with Crippen LogP contribution in [0.4, 0.5) is 5.69 Å². The molecule has 0 radical (unpaired) electrons. The maximum atomic E-state index is 13.2. The predicted octanol–water partition coefficient (Wildman–Crippen LogP) is 3.60. The van der Waals surface area contributed by atoms with E-state index in [1.165, 1.54) is 26.8 Å². The van der Waals surface area contributed by atoms with E-state index in [4.69, 9.17) is 0 Å². The second-order valence-corrected chi connectivity index (χ2v) is 12.8. The van der Waals surface area contributed by atoms with E-state index in [0.717, 1.165) is 38.5 Å². The number of carbonyl (C=O) groups is 1. The molecule has 0 aliphatic carbocycles. The summed E-state index contributed by atoms with van der Waals surface area (Å²) in [7, 11) is -7.21. The average molecular weight is 506 g/mol. The normalized spacial score (nSPS) is 18.5. The lowest BCUT2D eigenvalue weighted by molar-refractivity contribution is 0.102. The Morgan fingerprint density at radius 2 is 1.18 bits per heavy atom. The van der Waals surface area contributed by atoms with Crippen molar-refractivity contribution in [3.63, 3.8) is 0 Å². The van der Waals surface area contributed by atoms with Gasteiger partial charge in [0.25, 0.3) is 5.91 Å². The second kappa shape index (κ2) is 10.2. The first kappa shape index (κ1) is 24.8. The topological polar surface area (TPSA) is 104 Å². The van der Waals surface area contributed by atoms with Gasteiger partial charge in [-0.2, -0.15) is 8.61 Å². The SMILES string of the molecule is Cc1ccc(S(=O)(=O)N2CCCCCC2)cc1C(=O)Nc1ccc(S(=O)(=O)N2CCCC2)cc1. The number of sulfonamides is 2. The summed E-state index contributed by atoms with van der Waals surface area (Å²) in [6.45, 7) is 3.78. The van der Waals surface area contributed by atoms with Crippen molar-refractivity contribution < 1.29 is 21.6 Å². The van der Waals surface area contributed by atoms with Crippen LogP contribution in [0.15, 0.2) is 52.3 Å². The van der Waals surface area contributed by atoms with Gasteiger partial charge in [-0.05, 0) is 74.6 Å². The van der Waals surface area contributed by atoms with Crippen molar-refractivity contribution in [2.75, 3.05) is 31.5 Å². The fourth-order valence-corrected chi connectivity index (χ4v) is 7.48. The molecule has 0 saturated carbocycles. The van der Waals surface area contributed by atoms with Crippen molar-refractivity contribution in [1.29, 1.82) is 0 Å². The molecule has 1 N–H and O–H groups in total. The molecule has 2 saturated heterocycles. The van der Waals surface area contributed by atoms with E-state index in [2.05, 4.69) is 5.32 Å². The molecule has 184 valence electrons. The molecule has 2 heterocycles. The van der Waals surface area contributed by atoms with Crippen molar-refractivity contribution in [2.45, 2.75) is 55.2 Å². The summed E-state index contributed by atoms with van der Waals surface area (Å²) >= 11 is 0. The standard InChI is InChI=1S/C24H31N3O5S2/c1-19-8-11-22(34(31,32)27-14-4-2-3-5-15-27)18-23(19)24(28)25-20-9-12-21(13-10-20)33(29,30)26-16-6-7-17-26/h8-13,18H,2-7,14-17H2,1H3,(H,25,28). The van der Waals surface area contributed by atoms with E-state index in [1.54, 1.807) is 31.2 Å². The summed E-state index contributed by atoms with van der Waals surface area (Å²) in [4.78, 5) is 13.3. The molecule has 2 aromatic carbocycles. The third-order valence-corrected chi connectivity index (χ3v) is 10.3. The lowest BCUT2D eigenvalue weighted by Crippen LogP contribution is -2.32. The monoisotopic (exact) mass is 505 g/mol. The lowest BCUT2D eigenvalue weighted by atomic mass is 10.1. The third kappa shape index (κ3) is 5.19. The molecule has 34 heavy (non-hydrogen) atoms. The van der Waals surface area contributed by atoms with Crippen LogP contribution < -0.4 is 5.32 Å². The van der Waals surface area contributed by atoms with Gasteiger partial charge >= 0.3 is 0 Å². The summed E-state index contributed by atoms with van der Waals surface area (Å²) in [6, 6.07) is 10.7. The highest BCUT2D eigenvalue weighted by Gasteiger charge is 2.28. The Labute approximate surface area is 202 Å². The van der Waals surface area contributed by atoms with Gasteiger partial charge in [0.1, 0.15) is 0 Å². The van der Waals surface area contributed by atoms with Crippen LogP contribution >= 0.6 is 0 Å². The molecular weight excluding hydrogens is 474 g/mol. The number of anilines is 1. The van der Waals surface area contributed by atoms with E-state index < -0.39 is 26.0 Å². The van der Waals surface area contributed by atoms with Crippen molar-refractivity contribution in [3.8, 4) is 0 Å². The Morgan fingerprint density at radius 3 is 1.74 bits per heavy atom. The van der Waals surface area contributed by atoms with Gasteiger partial charge in [0.2, 0.25) is 20.0 Å². The third-order valence-electron chi connectivity index (χ3n) is 6.47. The van der Waals surface area contributed by atoms with Crippen LogP contribution in [0.2, 0.25) is 0 Å². The minimum absolute atomic E-state index is 0.109. The molecule has 2 aliphatic heterocycles. The van der Waals surface area contributed by atoms with Crippen LogP contribution in [-0.4, -0.2) is 57.5 Å². The van der Waals surface area contributed by atoms with E-state index in [9.17, 15) is 21.6 Å². The van der Waals surface area contributed by atoms with Gasteiger partial charge in [-0.3, -0.25) is 4.79 Å². The minimum Gasteiger partial charge on any atom is -0.322 e. The number of nitrogens with zero attached hydrogens (tertiary/aromatic N) is 2. The number of hydrogen-bond donors (Lipinski definition) is 1. The fourth-order valence-electron chi connectivity index (χ4n) is 4.42. The smallest absolute Gasteiger partial charge is 0.255 e. The van der Waals surface area contributed by atoms with Gasteiger partial charge in [0.15, 0.2) is 0 Å². The molecule has 0 aromatic heterocycles. The number of amides is 1. The lowest BCUT2D eigenvalue weighted by Gasteiger charge is -2.20. The number of rotatable bonds is 6. The summed E-state index contributed by atoms with van der Waals surface area (Å²) in [5, 5.41) is 2.76. The minimum atomic E-state index is -3.68. The van der Waals surface area contributed by atoms with Gasteiger partial charge in [0, 0.05) is 37.4 Å². The molecule has 2 aromatic rings. The number of nitrogens with one attached hydrogen (secondary N) is 1. The molecule has 1 amide bonds. The predicted molar refractivity (Wildman–Crippen MR) is 131 cm³/mol. The number of benzene rings is 2. The first-order valence-corrected chi connectivity index (χ1v) is 14.6. The number of hydrogen-bond acceptors (Lipinski definition) is 5. The average Bonchev–Trinajstić information content (AvgIpc) is 3.23. The van der Waals surface area contributed by atoms with Crippen molar-refractivity contribution >= 4 is 31.6 Å². The van der Waals surface area contributed by atoms with Crippen molar-refractivity contribution in [2.24, 2.45) is 0 Å². The van der Waals surface area contributed by atoms with Crippen LogP contribution in [-0.2, 0) is 20.0 Å². The molecule has 10 heteroatoms. The molecule has 0 atom stereocenters. The van der Waals surface area contributed by atoms with E-state index in [-0.39, 0.29) is 15.4 Å². The Morgan fingerprint density at radius 1 is 0.706 bits per heavy atom. The van der Waals surface area contributed by atoms with Gasteiger partial charge in [-0.25, -0.2) is 16.8 Å². The zero-order chi connectivity index (χ0) is 24.3. The molecule has 0 bridgehead atoms. The molecular formula is C24H31N3O5S2. The highest BCUT2D eigenvalue weighted by atomic mass is 32.2. The molecule has 2 fully saturated rings. The van der Waals surface area contributed by atoms with E-state index in [0.29, 0.717) is 37.4 Å². The second-order valence-electron chi connectivity index (χ2n) is 8.88. The molecule has 8 nitrogen and oxygen atoms in total. The van der Waals surface area contributed by atoms with Gasteiger partial charge in [-0.15, -0.1) is 0 Å². The van der Waals surface area contributed by atoms with Crippen LogP contribution in [0.1, 0.15) is 54.4 Å². The van der Waals surface area contributed by atoms with Crippen LogP contribution in [0.3, 0.4) is 0 Å². The van der Waals surface area contributed by atoms with Gasteiger partial charge in [0.05, 0.1) is 9.79 Å². The van der Waals surface area contributed by atoms with E-state index >= 15 is 0 Å². The Hall–Kier alpha value is -2.27. The zero-order valence-corrected chi connectivity index (χ0v) is 21.0. The first-order chi connectivity index (χ1) is 16.2. The van der Waals surface area contributed by atoms with E-state index in [1.807, 2.05) is 0 Å². The van der Waals surface area contributed by atoms with Crippen LogP contribution in [0, 0.1) is 6.92 Å². The van der Waals surface area contributed by atoms with Gasteiger partial charge < -0.3 is 5.32 Å². The molecule has 0 spiro atoms. The van der Waals surface area contributed by atoms with Crippen molar-refractivity contribution in [3.05, 3.63) is 53.6 Å². The quantitative estimate of drug-likeness (QED) is 0.646.